The third-order valence-corrected chi connectivity index (χ3v) is 2.85. The summed E-state index contributed by atoms with van der Waals surface area (Å²) in [5.41, 5.74) is 0. The van der Waals surface area contributed by atoms with Crippen LogP contribution < -0.4 is 5.32 Å². The van der Waals surface area contributed by atoms with Gasteiger partial charge in [0.25, 0.3) is 6.43 Å². The number of hydrogen-bond acceptors (Lipinski definition) is 2. The molecule has 0 radical (unpaired) electrons. The Morgan fingerprint density at radius 3 is 2.69 bits per heavy atom. The number of halogens is 3. The van der Waals surface area contributed by atoms with Gasteiger partial charge in [-0.25, -0.2) is 8.78 Å². The summed E-state index contributed by atoms with van der Waals surface area (Å²) in [6.07, 6.45) is 1.11. The van der Waals surface area contributed by atoms with Crippen LogP contribution in [0, 0.1) is 5.92 Å². The maximum absolute atomic E-state index is 12.3. The molecule has 0 aliphatic carbocycles. The lowest BCUT2D eigenvalue weighted by molar-refractivity contribution is 0.0772. The minimum Gasteiger partial charge on any atom is -0.316 e. The van der Waals surface area contributed by atoms with Gasteiger partial charge < -0.3 is 5.32 Å². The molecular formula is C11H23ClF2N2. The molecule has 0 bridgehead atoms. The summed E-state index contributed by atoms with van der Waals surface area (Å²) in [5.74, 6) is 0.559. The fourth-order valence-corrected chi connectivity index (χ4v) is 2.21. The van der Waals surface area contributed by atoms with Crippen molar-refractivity contribution in [1.29, 1.82) is 0 Å². The highest BCUT2D eigenvalue weighted by molar-refractivity contribution is 5.85. The highest BCUT2D eigenvalue weighted by atomic mass is 35.5. The topological polar surface area (TPSA) is 15.3 Å². The predicted octanol–water partition coefficient (Wildman–Crippen LogP) is 2.38. The van der Waals surface area contributed by atoms with Crippen molar-refractivity contribution in [3.63, 3.8) is 0 Å². The van der Waals surface area contributed by atoms with E-state index in [0.717, 1.165) is 32.6 Å². The molecule has 1 aliphatic heterocycles. The van der Waals surface area contributed by atoms with Gasteiger partial charge in [-0.3, -0.25) is 4.90 Å². The molecule has 0 aromatic rings. The summed E-state index contributed by atoms with van der Waals surface area (Å²) in [4.78, 5) is 1.91. The van der Waals surface area contributed by atoms with Gasteiger partial charge in [-0.15, -0.1) is 12.4 Å². The Kier molecular flexibility index (Phi) is 9.18. The van der Waals surface area contributed by atoms with Crippen LogP contribution in [0.1, 0.15) is 26.2 Å². The SMILES string of the molecule is CCCN(CC(F)F)CC1CCCNC1.Cl. The van der Waals surface area contributed by atoms with E-state index in [-0.39, 0.29) is 19.0 Å². The molecule has 1 atom stereocenters. The van der Waals surface area contributed by atoms with Crippen molar-refractivity contribution in [1.82, 2.24) is 10.2 Å². The minimum atomic E-state index is -2.20. The van der Waals surface area contributed by atoms with E-state index >= 15 is 0 Å². The zero-order chi connectivity index (χ0) is 11.1. The van der Waals surface area contributed by atoms with E-state index in [9.17, 15) is 8.78 Å². The number of hydrogen-bond donors (Lipinski definition) is 1. The Hall–Kier alpha value is 0.0700. The van der Waals surface area contributed by atoms with Gasteiger partial charge in [-0.2, -0.15) is 0 Å². The molecule has 0 aromatic heterocycles. The minimum absolute atomic E-state index is 0. The Morgan fingerprint density at radius 2 is 2.19 bits per heavy atom. The van der Waals surface area contributed by atoms with E-state index in [4.69, 9.17) is 0 Å². The first-order chi connectivity index (χ1) is 7.22. The van der Waals surface area contributed by atoms with Gasteiger partial charge in [0.1, 0.15) is 0 Å². The summed E-state index contributed by atoms with van der Waals surface area (Å²) < 4.78 is 24.6. The van der Waals surface area contributed by atoms with Crippen molar-refractivity contribution in [3.8, 4) is 0 Å². The van der Waals surface area contributed by atoms with Crippen LogP contribution in [0.5, 0.6) is 0 Å². The fourth-order valence-electron chi connectivity index (χ4n) is 2.21. The lowest BCUT2D eigenvalue weighted by Gasteiger charge is -2.29. The first-order valence-corrected chi connectivity index (χ1v) is 5.93. The monoisotopic (exact) mass is 256 g/mol. The molecule has 1 N–H and O–H groups in total. The normalized spacial score (nSPS) is 21.2. The van der Waals surface area contributed by atoms with Gasteiger partial charge >= 0.3 is 0 Å². The summed E-state index contributed by atoms with van der Waals surface area (Å²) in [5, 5.41) is 3.32. The van der Waals surface area contributed by atoms with Crippen LogP contribution in [0.4, 0.5) is 8.78 Å². The van der Waals surface area contributed by atoms with Crippen LogP contribution in [-0.2, 0) is 0 Å². The summed E-state index contributed by atoms with van der Waals surface area (Å²) >= 11 is 0. The largest absolute Gasteiger partial charge is 0.316 e. The van der Waals surface area contributed by atoms with Gasteiger partial charge in [-0.1, -0.05) is 6.92 Å². The number of piperidine rings is 1. The van der Waals surface area contributed by atoms with Crippen LogP contribution in [0.2, 0.25) is 0 Å². The van der Waals surface area contributed by atoms with Crippen molar-refractivity contribution < 1.29 is 8.78 Å². The second-order valence-corrected chi connectivity index (χ2v) is 4.36. The average Bonchev–Trinajstić information content (AvgIpc) is 2.18. The summed E-state index contributed by atoms with van der Waals surface area (Å²) in [6, 6.07) is 0. The molecule has 1 heterocycles. The fraction of sp³-hybridized carbons (Fsp3) is 1.00. The Labute approximate surface area is 103 Å². The number of nitrogens with zero attached hydrogens (tertiary/aromatic N) is 1. The van der Waals surface area contributed by atoms with Gasteiger partial charge in [0.2, 0.25) is 0 Å². The number of alkyl halides is 2. The third-order valence-electron chi connectivity index (χ3n) is 2.85. The Balaban J connectivity index is 0.00000225. The van der Waals surface area contributed by atoms with E-state index in [1.165, 1.54) is 12.8 Å². The molecule has 1 saturated heterocycles. The number of rotatable bonds is 6. The van der Waals surface area contributed by atoms with Crippen LogP contribution >= 0.6 is 12.4 Å². The van der Waals surface area contributed by atoms with Crippen molar-refractivity contribution in [2.75, 3.05) is 32.7 Å². The molecule has 16 heavy (non-hydrogen) atoms. The number of nitrogens with one attached hydrogen (secondary N) is 1. The van der Waals surface area contributed by atoms with Crippen LogP contribution in [0.25, 0.3) is 0 Å². The zero-order valence-electron chi connectivity index (χ0n) is 9.92. The Bertz CT molecular complexity index is 164. The predicted molar refractivity (Wildman–Crippen MR) is 65.6 cm³/mol. The zero-order valence-corrected chi connectivity index (χ0v) is 10.7. The van der Waals surface area contributed by atoms with Crippen molar-refractivity contribution in [2.45, 2.75) is 32.6 Å². The first-order valence-electron chi connectivity index (χ1n) is 5.93. The van der Waals surface area contributed by atoms with E-state index in [1.807, 2.05) is 11.8 Å². The molecule has 0 aromatic carbocycles. The van der Waals surface area contributed by atoms with E-state index < -0.39 is 6.43 Å². The standard InChI is InChI=1S/C11H22F2N2.ClH/c1-2-6-15(9-11(12)13)8-10-4-3-5-14-7-10;/h10-11,14H,2-9H2,1H3;1H. The van der Waals surface area contributed by atoms with Crippen molar-refractivity contribution >= 4 is 12.4 Å². The van der Waals surface area contributed by atoms with E-state index in [1.54, 1.807) is 0 Å². The molecule has 0 spiro atoms. The van der Waals surface area contributed by atoms with Gasteiger partial charge in [-0.05, 0) is 44.8 Å². The second-order valence-electron chi connectivity index (χ2n) is 4.36. The van der Waals surface area contributed by atoms with Crippen molar-refractivity contribution in [2.24, 2.45) is 5.92 Å². The molecule has 98 valence electrons. The highest BCUT2D eigenvalue weighted by Crippen LogP contribution is 2.12. The summed E-state index contributed by atoms with van der Waals surface area (Å²) in [6.45, 7) is 5.66. The average molecular weight is 257 g/mol. The maximum Gasteiger partial charge on any atom is 0.251 e. The summed E-state index contributed by atoms with van der Waals surface area (Å²) in [7, 11) is 0. The Morgan fingerprint density at radius 1 is 1.44 bits per heavy atom. The molecule has 1 aliphatic rings. The quantitative estimate of drug-likeness (QED) is 0.785. The van der Waals surface area contributed by atoms with Crippen molar-refractivity contribution in [3.05, 3.63) is 0 Å². The van der Waals surface area contributed by atoms with E-state index in [0.29, 0.717) is 5.92 Å². The molecular weight excluding hydrogens is 234 g/mol. The van der Waals surface area contributed by atoms with Crippen LogP contribution in [-0.4, -0.2) is 44.0 Å². The molecule has 1 unspecified atom stereocenters. The van der Waals surface area contributed by atoms with Gasteiger partial charge in [0.15, 0.2) is 0 Å². The van der Waals surface area contributed by atoms with E-state index in [2.05, 4.69) is 5.32 Å². The molecule has 5 heteroatoms. The van der Waals surface area contributed by atoms with Crippen LogP contribution in [0.15, 0.2) is 0 Å². The highest BCUT2D eigenvalue weighted by Gasteiger charge is 2.18. The smallest absolute Gasteiger partial charge is 0.251 e. The molecule has 2 nitrogen and oxygen atoms in total. The molecule has 0 saturated carbocycles. The molecule has 1 rings (SSSR count). The first kappa shape index (κ1) is 16.1. The molecule has 1 fully saturated rings. The maximum atomic E-state index is 12.3. The molecule has 0 amide bonds. The van der Waals surface area contributed by atoms with Gasteiger partial charge in [0, 0.05) is 6.54 Å². The lowest BCUT2D eigenvalue weighted by atomic mass is 9.99. The third kappa shape index (κ3) is 6.61. The van der Waals surface area contributed by atoms with Crippen LogP contribution in [0.3, 0.4) is 0 Å². The lowest BCUT2D eigenvalue weighted by Crippen LogP contribution is -2.40. The second kappa shape index (κ2) is 9.14. The van der Waals surface area contributed by atoms with Gasteiger partial charge in [0.05, 0.1) is 6.54 Å².